The van der Waals surface area contributed by atoms with Gasteiger partial charge in [-0.25, -0.2) is 4.79 Å². The molecule has 2 aromatic carbocycles. The maximum atomic E-state index is 13.7. The fraction of sp³-hybridized carbons (Fsp3) is 0.500. The van der Waals surface area contributed by atoms with Gasteiger partial charge in [0, 0.05) is 41.3 Å². The minimum Gasteiger partial charge on any atom is -0.476 e. The Bertz CT molecular complexity index is 1130. The molecule has 2 aromatic rings. The molecule has 1 aliphatic rings. The van der Waals surface area contributed by atoms with Gasteiger partial charge in [-0.15, -0.1) is 11.8 Å². The van der Waals surface area contributed by atoms with E-state index < -0.39 is 11.6 Å². The number of esters is 1. The predicted molar refractivity (Wildman–Crippen MR) is 147 cm³/mol. The Balaban J connectivity index is 1.96. The molecule has 0 spiro atoms. The zero-order valence-corrected chi connectivity index (χ0v) is 24.0. The number of benzene rings is 2. The minimum atomic E-state index is -1.14. The van der Waals surface area contributed by atoms with Crippen molar-refractivity contribution in [3.8, 4) is 5.75 Å². The van der Waals surface area contributed by atoms with E-state index >= 15 is 0 Å². The van der Waals surface area contributed by atoms with Gasteiger partial charge in [0.05, 0.1) is 6.61 Å². The van der Waals surface area contributed by atoms with E-state index in [-0.39, 0.29) is 36.1 Å². The topological polar surface area (TPSA) is 72.9 Å². The van der Waals surface area contributed by atoms with E-state index in [0.29, 0.717) is 24.4 Å². The van der Waals surface area contributed by atoms with Gasteiger partial charge < -0.3 is 14.4 Å². The van der Waals surface area contributed by atoms with Gasteiger partial charge in [-0.1, -0.05) is 38.1 Å². The average molecular weight is 526 g/mol. The molecule has 1 saturated heterocycles. The zero-order chi connectivity index (χ0) is 27.5. The van der Waals surface area contributed by atoms with Gasteiger partial charge in [0.1, 0.15) is 5.75 Å². The molecule has 0 aromatic heterocycles. The summed E-state index contributed by atoms with van der Waals surface area (Å²) in [7, 11) is 0. The molecular weight excluding hydrogens is 486 g/mol. The minimum absolute atomic E-state index is 0.0517. The summed E-state index contributed by atoms with van der Waals surface area (Å²) in [6, 6.07) is 11.7. The molecule has 0 bridgehead atoms. The first-order valence-electron chi connectivity index (χ1n) is 12.8. The lowest BCUT2D eigenvalue weighted by Gasteiger charge is -2.27. The molecule has 200 valence electrons. The molecule has 1 aliphatic heterocycles. The van der Waals surface area contributed by atoms with E-state index in [0.717, 1.165) is 21.6 Å². The van der Waals surface area contributed by atoms with Crippen molar-refractivity contribution in [2.45, 2.75) is 64.9 Å². The van der Waals surface area contributed by atoms with E-state index in [1.54, 1.807) is 32.5 Å². The van der Waals surface area contributed by atoms with Crippen LogP contribution >= 0.6 is 11.8 Å². The highest BCUT2D eigenvalue weighted by atomic mass is 32.2. The molecule has 0 aliphatic carbocycles. The largest absolute Gasteiger partial charge is 0.476 e. The Morgan fingerprint density at radius 3 is 2.16 bits per heavy atom. The lowest BCUT2D eigenvalue weighted by molar-refractivity contribution is -0.158. The summed E-state index contributed by atoms with van der Waals surface area (Å²) in [5.41, 5.74) is 2.27. The van der Waals surface area contributed by atoms with E-state index in [1.165, 1.54) is 0 Å². The Morgan fingerprint density at radius 2 is 1.65 bits per heavy atom. The van der Waals surface area contributed by atoms with Crippen LogP contribution in [0.15, 0.2) is 41.3 Å². The third-order valence-corrected chi connectivity index (χ3v) is 7.62. The second-order valence-corrected chi connectivity index (χ2v) is 11.4. The number of hydrogen-bond donors (Lipinski definition) is 0. The molecule has 6 nitrogen and oxygen atoms in total. The average Bonchev–Trinajstić information content (AvgIpc) is 3.30. The molecule has 1 amide bonds. The normalized spacial score (nSPS) is 17.7. The van der Waals surface area contributed by atoms with Gasteiger partial charge in [0.2, 0.25) is 5.91 Å². The summed E-state index contributed by atoms with van der Waals surface area (Å²) >= 11 is 1.63. The highest BCUT2D eigenvalue weighted by Crippen LogP contribution is 2.39. The zero-order valence-electron chi connectivity index (χ0n) is 23.2. The number of likely N-dealkylation sites (tertiary alicyclic amines) is 1. The molecule has 3 rings (SSSR count). The van der Waals surface area contributed by atoms with Crippen molar-refractivity contribution in [2.75, 3.05) is 26.0 Å². The lowest BCUT2D eigenvalue weighted by Crippen LogP contribution is -2.40. The quantitative estimate of drug-likeness (QED) is 0.233. The second-order valence-electron chi connectivity index (χ2n) is 10.5. The summed E-state index contributed by atoms with van der Waals surface area (Å²) in [5.74, 6) is -0.303. The molecule has 0 radical (unpaired) electrons. The van der Waals surface area contributed by atoms with E-state index in [2.05, 4.69) is 0 Å². The second kappa shape index (κ2) is 11.7. The van der Waals surface area contributed by atoms with Crippen molar-refractivity contribution >= 4 is 29.4 Å². The highest BCUT2D eigenvalue weighted by Gasteiger charge is 2.41. The summed E-state index contributed by atoms with van der Waals surface area (Å²) in [6.45, 7) is 14.0. The van der Waals surface area contributed by atoms with E-state index in [9.17, 15) is 14.4 Å². The van der Waals surface area contributed by atoms with Gasteiger partial charge in [0.25, 0.3) is 0 Å². The van der Waals surface area contributed by atoms with Crippen molar-refractivity contribution < 1.29 is 23.9 Å². The van der Waals surface area contributed by atoms with E-state index in [1.807, 2.05) is 75.2 Å². The van der Waals surface area contributed by atoms with Crippen LogP contribution in [0.5, 0.6) is 5.75 Å². The Morgan fingerprint density at radius 1 is 1.05 bits per heavy atom. The highest BCUT2D eigenvalue weighted by molar-refractivity contribution is 7.98. The number of carbonyl (C=O) groups is 3. The first kappa shape index (κ1) is 28.8. The maximum absolute atomic E-state index is 13.7. The van der Waals surface area contributed by atoms with Crippen LogP contribution in [0.1, 0.15) is 67.6 Å². The molecule has 2 atom stereocenters. The number of thioether (sulfide) groups is 1. The third-order valence-electron chi connectivity index (χ3n) is 6.87. The number of hydrogen-bond acceptors (Lipinski definition) is 6. The molecule has 0 saturated carbocycles. The van der Waals surface area contributed by atoms with Gasteiger partial charge in [-0.2, -0.15) is 0 Å². The molecule has 37 heavy (non-hydrogen) atoms. The maximum Gasteiger partial charge on any atom is 0.349 e. The van der Waals surface area contributed by atoms with Crippen LogP contribution in [0.25, 0.3) is 0 Å². The summed E-state index contributed by atoms with van der Waals surface area (Å²) < 4.78 is 11.3. The number of nitrogens with zero attached hydrogens (tertiary/aromatic N) is 1. The number of ether oxygens (including phenoxy) is 2. The SMILES string of the molecule is CCOC(=O)C(C)(C)Oc1c(C)cc([C@H]2CN(C(=O)C(C)C)CC2C(=O)c2ccc(SC)cc2)cc1C. The first-order valence-corrected chi connectivity index (χ1v) is 14.1. The third kappa shape index (κ3) is 6.38. The van der Waals surface area contributed by atoms with Gasteiger partial charge in [-0.3, -0.25) is 9.59 Å². The molecule has 0 N–H and O–H groups in total. The predicted octanol–water partition coefficient (Wildman–Crippen LogP) is 5.83. The van der Waals surface area contributed by atoms with Crippen molar-refractivity contribution in [3.63, 3.8) is 0 Å². The Hall–Kier alpha value is -2.80. The number of amides is 1. The summed E-state index contributed by atoms with van der Waals surface area (Å²) in [6.07, 6.45) is 2.01. The van der Waals surface area contributed by atoms with Crippen molar-refractivity contribution in [3.05, 3.63) is 58.7 Å². The van der Waals surface area contributed by atoms with Gasteiger partial charge in [0.15, 0.2) is 11.4 Å². The fourth-order valence-corrected chi connectivity index (χ4v) is 5.29. The number of aryl methyl sites for hydroxylation is 2. The monoisotopic (exact) mass is 525 g/mol. The number of rotatable bonds is 9. The van der Waals surface area contributed by atoms with Crippen LogP contribution in [0, 0.1) is 25.7 Å². The molecule has 7 heteroatoms. The van der Waals surface area contributed by atoms with Crippen LogP contribution in [0.4, 0.5) is 0 Å². The van der Waals surface area contributed by atoms with Gasteiger partial charge >= 0.3 is 5.97 Å². The summed E-state index contributed by atoms with van der Waals surface area (Å²) in [4.78, 5) is 41.9. The number of ketones is 1. The molecular formula is C30H39NO5S. The Kier molecular flexibility index (Phi) is 9.11. The van der Waals surface area contributed by atoms with Gasteiger partial charge in [-0.05, 0) is 69.7 Å². The smallest absolute Gasteiger partial charge is 0.349 e. The van der Waals surface area contributed by atoms with Crippen LogP contribution in [0.2, 0.25) is 0 Å². The number of carbonyl (C=O) groups excluding carboxylic acids is 3. The first-order chi connectivity index (χ1) is 17.4. The van der Waals surface area contributed by atoms with Crippen LogP contribution < -0.4 is 4.74 Å². The van der Waals surface area contributed by atoms with E-state index in [4.69, 9.17) is 9.47 Å². The Labute approximate surface area is 225 Å². The fourth-order valence-electron chi connectivity index (χ4n) is 4.88. The van der Waals surface area contributed by atoms with Crippen molar-refractivity contribution in [1.82, 2.24) is 4.90 Å². The summed E-state index contributed by atoms with van der Waals surface area (Å²) in [5, 5.41) is 0. The van der Waals surface area contributed by atoms with Crippen molar-refractivity contribution in [1.29, 1.82) is 0 Å². The standard InChI is InChI=1S/C30H39NO5S/c1-9-35-29(34)30(6,7)36-27-19(4)14-22(15-20(27)5)24-16-31(28(33)18(2)3)17-25(24)26(32)21-10-12-23(37-8)13-11-21/h10-15,18,24-25H,9,16-17H2,1-8H3/t24-,25?/m1/s1. The number of Topliss-reactive ketones (excluding diaryl/α,β-unsaturated/α-hetero) is 1. The molecule has 1 unspecified atom stereocenters. The van der Waals surface area contributed by atoms with Crippen LogP contribution in [-0.4, -0.2) is 54.1 Å². The van der Waals surface area contributed by atoms with Crippen LogP contribution in [0.3, 0.4) is 0 Å². The lowest BCUT2D eigenvalue weighted by atomic mass is 9.82. The van der Waals surface area contributed by atoms with Crippen molar-refractivity contribution in [2.24, 2.45) is 11.8 Å². The molecule has 1 heterocycles. The van der Waals surface area contributed by atoms with Crippen LogP contribution in [-0.2, 0) is 14.3 Å². The molecule has 1 fully saturated rings.